The lowest BCUT2D eigenvalue weighted by atomic mass is 10.2. The Morgan fingerprint density at radius 2 is 1.88 bits per heavy atom. The van der Waals surface area contributed by atoms with Gasteiger partial charge in [-0.25, -0.2) is 0 Å². The molecule has 0 fully saturated rings. The Morgan fingerprint density at radius 3 is 2.73 bits per heavy atom. The molecule has 2 aromatic heterocycles. The minimum absolute atomic E-state index is 0.0117. The van der Waals surface area contributed by atoms with Crippen molar-refractivity contribution in [3.63, 3.8) is 0 Å². The van der Waals surface area contributed by atoms with Crippen molar-refractivity contribution < 1.29 is 19.0 Å². The summed E-state index contributed by atoms with van der Waals surface area (Å²) in [4.78, 5) is 20.1. The van der Waals surface area contributed by atoms with Gasteiger partial charge < -0.3 is 19.1 Å². The number of ether oxygens (including phenoxy) is 3. The number of hydrogen-bond donors (Lipinski definition) is 0. The highest BCUT2D eigenvalue weighted by atomic mass is 32.1. The van der Waals surface area contributed by atoms with E-state index in [-0.39, 0.29) is 12.7 Å². The number of carbonyl (C=O) groups excluding carboxylic acids is 1. The molecule has 1 aliphatic rings. The molecule has 0 radical (unpaired) electrons. The van der Waals surface area contributed by atoms with Gasteiger partial charge in [-0.15, -0.1) is 11.3 Å². The maximum absolute atomic E-state index is 13.2. The topological polar surface area (TPSA) is 60.9 Å². The molecule has 33 heavy (non-hydrogen) atoms. The summed E-state index contributed by atoms with van der Waals surface area (Å²) in [5.41, 5.74) is 2.82. The zero-order valence-corrected chi connectivity index (χ0v) is 18.7. The first kappa shape index (κ1) is 21.0. The Kier molecular flexibility index (Phi) is 6.21. The number of amides is 1. The summed E-state index contributed by atoms with van der Waals surface area (Å²) in [7, 11) is 0. The highest BCUT2D eigenvalue weighted by Crippen LogP contribution is 2.32. The molecule has 2 aromatic carbocycles. The van der Waals surface area contributed by atoms with E-state index >= 15 is 0 Å². The number of hydrogen-bond acceptors (Lipinski definition) is 6. The Hall–Kier alpha value is -3.84. The summed E-state index contributed by atoms with van der Waals surface area (Å²) in [6.45, 7) is 1.54. The van der Waals surface area contributed by atoms with Crippen molar-refractivity contribution in [2.45, 2.75) is 19.7 Å². The third-order valence-electron chi connectivity index (χ3n) is 5.21. The average Bonchev–Trinajstić information content (AvgIpc) is 3.55. The minimum Gasteiger partial charge on any atom is -0.489 e. The third kappa shape index (κ3) is 5.15. The van der Waals surface area contributed by atoms with Crippen LogP contribution in [0.2, 0.25) is 0 Å². The first-order valence-corrected chi connectivity index (χ1v) is 11.5. The molecule has 166 valence electrons. The van der Waals surface area contributed by atoms with Crippen LogP contribution in [0.1, 0.15) is 26.5 Å². The monoisotopic (exact) mass is 458 g/mol. The van der Waals surface area contributed by atoms with E-state index in [1.165, 1.54) is 11.3 Å². The first-order chi connectivity index (χ1) is 16.2. The van der Waals surface area contributed by atoms with Crippen LogP contribution in [-0.4, -0.2) is 22.6 Å². The van der Waals surface area contributed by atoms with E-state index in [1.54, 1.807) is 6.20 Å². The van der Waals surface area contributed by atoms with Crippen LogP contribution < -0.4 is 14.2 Å². The fourth-order valence-electron chi connectivity index (χ4n) is 3.59. The molecule has 5 rings (SSSR count). The molecule has 1 aliphatic heterocycles. The van der Waals surface area contributed by atoms with Crippen LogP contribution in [0, 0.1) is 0 Å². The third-order valence-corrected chi connectivity index (χ3v) is 6.07. The van der Waals surface area contributed by atoms with Crippen molar-refractivity contribution in [2.75, 3.05) is 6.79 Å². The van der Waals surface area contributed by atoms with Crippen molar-refractivity contribution in [3.05, 3.63) is 106 Å². The summed E-state index contributed by atoms with van der Waals surface area (Å²) < 4.78 is 16.8. The van der Waals surface area contributed by atoms with Crippen molar-refractivity contribution in [3.8, 4) is 17.2 Å². The van der Waals surface area contributed by atoms with Gasteiger partial charge in [0.15, 0.2) is 11.5 Å². The van der Waals surface area contributed by atoms with Crippen molar-refractivity contribution in [1.82, 2.24) is 9.88 Å². The largest absolute Gasteiger partial charge is 0.489 e. The molecule has 0 aliphatic carbocycles. The van der Waals surface area contributed by atoms with Gasteiger partial charge in [-0.3, -0.25) is 9.78 Å². The van der Waals surface area contributed by atoms with Gasteiger partial charge in [0.1, 0.15) is 12.4 Å². The molecule has 0 N–H and O–H groups in total. The quantitative estimate of drug-likeness (QED) is 0.359. The van der Waals surface area contributed by atoms with E-state index in [4.69, 9.17) is 14.2 Å². The molecule has 0 saturated heterocycles. The van der Waals surface area contributed by atoms with Crippen LogP contribution in [0.15, 0.2) is 84.4 Å². The van der Waals surface area contributed by atoms with Gasteiger partial charge in [0.2, 0.25) is 6.79 Å². The molecule has 3 heterocycles. The minimum atomic E-state index is -0.0117. The average molecular weight is 459 g/mol. The molecule has 0 unspecified atom stereocenters. The number of fused-ring (bicyclic) bond motifs is 1. The van der Waals surface area contributed by atoms with Crippen LogP contribution in [0.25, 0.3) is 0 Å². The molecule has 7 heteroatoms. The molecule has 6 nitrogen and oxygen atoms in total. The highest BCUT2D eigenvalue weighted by Gasteiger charge is 2.18. The van der Waals surface area contributed by atoms with Crippen LogP contribution in [0.3, 0.4) is 0 Å². The van der Waals surface area contributed by atoms with Gasteiger partial charge in [-0.05, 0) is 59.0 Å². The van der Waals surface area contributed by atoms with Gasteiger partial charge in [-0.2, -0.15) is 0 Å². The van der Waals surface area contributed by atoms with Crippen LogP contribution >= 0.6 is 11.3 Å². The van der Waals surface area contributed by atoms with Crippen LogP contribution in [-0.2, 0) is 19.7 Å². The molecular weight excluding hydrogens is 436 g/mol. The maximum atomic E-state index is 13.2. The number of rotatable bonds is 8. The molecule has 1 amide bonds. The van der Waals surface area contributed by atoms with Gasteiger partial charge >= 0.3 is 0 Å². The summed E-state index contributed by atoms with van der Waals surface area (Å²) in [5, 5.41) is 1.91. The van der Waals surface area contributed by atoms with Gasteiger partial charge in [0, 0.05) is 12.7 Å². The first-order valence-electron chi connectivity index (χ1n) is 10.6. The Labute approximate surface area is 196 Å². The van der Waals surface area contributed by atoms with E-state index in [0.717, 1.165) is 34.1 Å². The number of carbonyl (C=O) groups is 1. The Balaban J connectivity index is 1.29. The fourth-order valence-corrected chi connectivity index (χ4v) is 4.29. The zero-order chi connectivity index (χ0) is 22.5. The summed E-state index contributed by atoms with van der Waals surface area (Å²) in [6, 6.07) is 23.1. The number of benzene rings is 2. The summed E-state index contributed by atoms with van der Waals surface area (Å²) >= 11 is 1.44. The Morgan fingerprint density at radius 1 is 0.939 bits per heavy atom. The predicted molar refractivity (Wildman–Crippen MR) is 125 cm³/mol. The molecular formula is C26H22N2O4S. The van der Waals surface area contributed by atoms with Crippen molar-refractivity contribution in [1.29, 1.82) is 0 Å². The lowest BCUT2D eigenvalue weighted by Crippen LogP contribution is -2.29. The second kappa shape index (κ2) is 9.75. The molecule has 0 spiro atoms. The molecule has 0 saturated carbocycles. The summed E-state index contributed by atoms with van der Waals surface area (Å²) in [6.07, 6.45) is 1.74. The zero-order valence-electron chi connectivity index (χ0n) is 17.8. The number of nitrogens with zero attached hydrogens (tertiary/aromatic N) is 2. The van der Waals surface area contributed by atoms with Crippen molar-refractivity contribution >= 4 is 17.2 Å². The smallest absolute Gasteiger partial charge is 0.264 e. The molecule has 0 atom stereocenters. The maximum Gasteiger partial charge on any atom is 0.264 e. The SMILES string of the molecule is O=C(c1cccs1)N(Cc1cccc(OCc2ccc3c(c2)OCO3)c1)Cc1ccccn1. The van der Waals surface area contributed by atoms with Gasteiger partial charge in [0.05, 0.1) is 17.1 Å². The predicted octanol–water partition coefficient (Wildman–Crippen LogP) is 5.29. The van der Waals surface area contributed by atoms with E-state index in [0.29, 0.717) is 24.6 Å². The summed E-state index contributed by atoms with van der Waals surface area (Å²) in [5.74, 6) is 2.22. The molecule has 4 aromatic rings. The normalized spacial score (nSPS) is 11.9. The highest BCUT2D eigenvalue weighted by molar-refractivity contribution is 7.12. The number of aromatic nitrogens is 1. The standard InChI is InChI=1S/C26H22N2O4S/c29-26(25-8-4-12-33-25)28(16-21-6-1-2-11-27-21)15-19-5-3-7-22(13-19)30-17-20-9-10-23-24(14-20)32-18-31-23/h1-14H,15-18H2. The van der Waals surface area contributed by atoms with E-state index < -0.39 is 0 Å². The van der Waals surface area contributed by atoms with Gasteiger partial charge in [-0.1, -0.05) is 30.3 Å². The van der Waals surface area contributed by atoms with Gasteiger partial charge in [0.25, 0.3) is 5.91 Å². The lowest BCUT2D eigenvalue weighted by molar-refractivity contribution is 0.0732. The fraction of sp³-hybridized carbons (Fsp3) is 0.154. The molecule has 0 bridgehead atoms. The van der Waals surface area contributed by atoms with E-state index in [1.807, 2.05) is 83.1 Å². The lowest BCUT2D eigenvalue weighted by Gasteiger charge is -2.22. The second-order valence-electron chi connectivity index (χ2n) is 7.58. The van der Waals surface area contributed by atoms with E-state index in [2.05, 4.69) is 4.98 Å². The second-order valence-corrected chi connectivity index (χ2v) is 8.53. The Bertz CT molecular complexity index is 1230. The van der Waals surface area contributed by atoms with E-state index in [9.17, 15) is 4.79 Å². The van der Waals surface area contributed by atoms with Crippen LogP contribution in [0.5, 0.6) is 17.2 Å². The number of thiophene rings is 1. The number of pyridine rings is 1. The van der Waals surface area contributed by atoms with Crippen molar-refractivity contribution in [2.24, 2.45) is 0 Å². The van der Waals surface area contributed by atoms with Crippen LogP contribution in [0.4, 0.5) is 0 Å².